The highest BCUT2D eigenvalue weighted by molar-refractivity contribution is 6.10. The maximum atomic E-state index is 6.58. The number of hydrogen-bond acceptors (Lipinski definition) is 4. The third-order valence-electron chi connectivity index (χ3n) is 9.73. The maximum absolute atomic E-state index is 6.58. The van der Waals surface area contributed by atoms with E-state index in [4.69, 9.17) is 19.7 Å². The Labute approximate surface area is 295 Å². The molecule has 10 rings (SSSR count). The lowest BCUT2D eigenvalue weighted by atomic mass is 9.89. The van der Waals surface area contributed by atoms with Gasteiger partial charge in [0.15, 0.2) is 17.5 Å². The van der Waals surface area contributed by atoms with Gasteiger partial charge in [-0.05, 0) is 74.3 Å². The highest BCUT2D eigenvalue weighted by Gasteiger charge is 2.23. The van der Waals surface area contributed by atoms with Crippen LogP contribution in [0.25, 0.3) is 89.1 Å². The van der Waals surface area contributed by atoms with Gasteiger partial charge in [-0.2, -0.15) is 0 Å². The number of aromatic nitrogens is 3. The molecule has 0 saturated carbocycles. The molecule has 0 radical (unpaired) electrons. The van der Waals surface area contributed by atoms with Crippen LogP contribution >= 0.6 is 0 Å². The highest BCUT2D eigenvalue weighted by Crippen LogP contribution is 2.49. The zero-order chi connectivity index (χ0) is 33.7. The molecule has 9 aromatic rings. The van der Waals surface area contributed by atoms with Gasteiger partial charge in [0, 0.05) is 27.6 Å². The number of nitrogens with zero attached hydrogens (tertiary/aromatic N) is 3. The minimum Gasteiger partial charge on any atom is -0.456 e. The van der Waals surface area contributed by atoms with Gasteiger partial charge in [-0.1, -0.05) is 146 Å². The van der Waals surface area contributed by atoms with Crippen molar-refractivity contribution in [3.8, 4) is 79.0 Å². The molecule has 0 spiro atoms. The molecule has 1 aliphatic heterocycles. The Morgan fingerprint density at radius 2 is 0.882 bits per heavy atom. The molecule has 0 unspecified atom stereocenters. The molecule has 0 N–H and O–H groups in total. The van der Waals surface area contributed by atoms with Crippen molar-refractivity contribution >= 4 is 21.5 Å². The maximum Gasteiger partial charge on any atom is 0.164 e. The van der Waals surface area contributed by atoms with Crippen molar-refractivity contribution in [3.05, 3.63) is 176 Å². The Balaban J connectivity index is 1.10. The van der Waals surface area contributed by atoms with Gasteiger partial charge in [-0.25, -0.2) is 15.0 Å². The lowest BCUT2D eigenvalue weighted by molar-refractivity contribution is 0.487. The summed E-state index contributed by atoms with van der Waals surface area (Å²) in [4.78, 5) is 15.0. The van der Waals surface area contributed by atoms with E-state index in [1.165, 1.54) is 27.5 Å². The Morgan fingerprint density at radius 3 is 1.65 bits per heavy atom. The monoisotopic (exact) mass is 651 g/mol. The van der Waals surface area contributed by atoms with Gasteiger partial charge in [0.2, 0.25) is 0 Å². The Bertz CT molecular complexity index is 2760. The zero-order valence-electron chi connectivity index (χ0n) is 27.5. The minimum atomic E-state index is 0.608. The van der Waals surface area contributed by atoms with Crippen molar-refractivity contribution in [3.63, 3.8) is 0 Å². The standard InChI is InChI=1S/C47H29N3O/c1-3-10-30(11-4-1)32-18-21-34(22-19-32)46-48-45(33-13-5-2-6-14-33)49-47(50-46)37-24-26-42-41(29-37)40-17-9-16-39-38(25-27-43(51-42)44(39)40)36-23-20-31-12-7-8-15-35(31)28-36/h1-29H. The van der Waals surface area contributed by atoms with Crippen LogP contribution in [0.15, 0.2) is 176 Å². The fourth-order valence-corrected chi connectivity index (χ4v) is 7.17. The fourth-order valence-electron chi connectivity index (χ4n) is 7.17. The lowest BCUT2D eigenvalue weighted by Crippen LogP contribution is -2.02. The van der Waals surface area contributed by atoms with Crippen molar-refractivity contribution in [2.75, 3.05) is 0 Å². The van der Waals surface area contributed by atoms with Gasteiger partial charge in [0.1, 0.15) is 11.5 Å². The predicted molar refractivity (Wildman–Crippen MR) is 208 cm³/mol. The summed E-state index contributed by atoms with van der Waals surface area (Å²) in [7, 11) is 0. The summed E-state index contributed by atoms with van der Waals surface area (Å²) in [5.74, 6) is 3.53. The molecule has 0 bridgehead atoms. The van der Waals surface area contributed by atoms with Gasteiger partial charge in [0.05, 0.1) is 0 Å². The van der Waals surface area contributed by atoms with Crippen LogP contribution in [0.5, 0.6) is 11.5 Å². The number of rotatable bonds is 5. The predicted octanol–water partition coefficient (Wildman–Crippen LogP) is 12.3. The summed E-state index contributed by atoms with van der Waals surface area (Å²) < 4.78 is 6.58. The first-order valence-corrected chi connectivity index (χ1v) is 17.1. The van der Waals surface area contributed by atoms with E-state index in [-0.39, 0.29) is 0 Å². The molecule has 0 amide bonds. The van der Waals surface area contributed by atoms with E-state index in [0.717, 1.165) is 55.7 Å². The normalized spacial score (nSPS) is 11.7. The van der Waals surface area contributed by atoms with Gasteiger partial charge in [-0.15, -0.1) is 0 Å². The van der Waals surface area contributed by atoms with E-state index in [1.54, 1.807) is 0 Å². The van der Waals surface area contributed by atoms with Crippen molar-refractivity contribution in [2.45, 2.75) is 0 Å². The van der Waals surface area contributed by atoms with Crippen LogP contribution in [0, 0.1) is 0 Å². The highest BCUT2D eigenvalue weighted by atomic mass is 16.5. The van der Waals surface area contributed by atoms with Crippen molar-refractivity contribution < 1.29 is 4.74 Å². The number of hydrogen-bond donors (Lipinski definition) is 0. The lowest BCUT2D eigenvalue weighted by Gasteiger charge is -2.23. The first-order chi connectivity index (χ1) is 25.2. The molecule has 4 nitrogen and oxygen atoms in total. The molecule has 1 aromatic heterocycles. The van der Waals surface area contributed by atoms with E-state index in [0.29, 0.717) is 17.5 Å². The SMILES string of the molecule is c1ccc(-c2ccc(-c3nc(-c4ccccc4)nc(-c4ccc5c(c4)-c4cccc6c(-c7ccc8ccccc8c7)ccc(c46)O5)n3)cc2)cc1. The van der Waals surface area contributed by atoms with Crippen LogP contribution in [0.1, 0.15) is 0 Å². The van der Waals surface area contributed by atoms with Crippen LogP contribution in [0.3, 0.4) is 0 Å². The molecule has 2 heterocycles. The summed E-state index contributed by atoms with van der Waals surface area (Å²) in [6.45, 7) is 0. The number of benzene rings is 8. The van der Waals surface area contributed by atoms with Crippen molar-refractivity contribution in [1.82, 2.24) is 15.0 Å². The summed E-state index contributed by atoms with van der Waals surface area (Å²) in [5, 5.41) is 4.71. The molecule has 8 aromatic carbocycles. The summed E-state index contributed by atoms with van der Waals surface area (Å²) in [5.41, 5.74) is 9.57. The molecule has 0 saturated heterocycles. The summed E-state index contributed by atoms with van der Waals surface area (Å²) >= 11 is 0. The summed E-state index contributed by atoms with van der Waals surface area (Å²) in [6.07, 6.45) is 0. The average Bonchev–Trinajstić information content (AvgIpc) is 3.21. The van der Waals surface area contributed by atoms with Gasteiger partial charge in [-0.3, -0.25) is 0 Å². The average molecular weight is 652 g/mol. The minimum absolute atomic E-state index is 0.608. The fraction of sp³-hybridized carbons (Fsp3) is 0. The van der Waals surface area contributed by atoms with E-state index in [9.17, 15) is 0 Å². The van der Waals surface area contributed by atoms with E-state index in [1.807, 2.05) is 48.5 Å². The van der Waals surface area contributed by atoms with Crippen LogP contribution in [0.2, 0.25) is 0 Å². The third-order valence-corrected chi connectivity index (χ3v) is 9.73. The molecule has 51 heavy (non-hydrogen) atoms. The number of ether oxygens (including phenoxy) is 1. The molecule has 0 aliphatic carbocycles. The molecule has 4 heteroatoms. The second-order valence-corrected chi connectivity index (χ2v) is 12.8. The molecular weight excluding hydrogens is 623 g/mol. The summed E-state index contributed by atoms with van der Waals surface area (Å²) in [6, 6.07) is 61.1. The van der Waals surface area contributed by atoms with E-state index < -0.39 is 0 Å². The molecule has 0 fully saturated rings. The van der Waals surface area contributed by atoms with Crippen molar-refractivity contribution in [1.29, 1.82) is 0 Å². The van der Waals surface area contributed by atoms with E-state index >= 15 is 0 Å². The van der Waals surface area contributed by atoms with Gasteiger partial charge >= 0.3 is 0 Å². The smallest absolute Gasteiger partial charge is 0.164 e. The first-order valence-electron chi connectivity index (χ1n) is 17.1. The third kappa shape index (κ3) is 5.13. The molecule has 0 atom stereocenters. The molecule has 238 valence electrons. The molecular formula is C47H29N3O. The Morgan fingerprint density at radius 1 is 0.314 bits per heavy atom. The van der Waals surface area contributed by atoms with Gasteiger partial charge < -0.3 is 4.74 Å². The second-order valence-electron chi connectivity index (χ2n) is 12.8. The molecule has 1 aliphatic rings. The quantitative estimate of drug-likeness (QED) is 0.186. The van der Waals surface area contributed by atoms with Crippen LogP contribution < -0.4 is 4.74 Å². The van der Waals surface area contributed by atoms with Crippen LogP contribution in [-0.2, 0) is 0 Å². The van der Waals surface area contributed by atoms with E-state index in [2.05, 4.69) is 127 Å². The van der Waals surface area contributed by atoms with Crippen LogP contribution in [-0.4, -0.2) is 15.0 Å². The first kappa shape index (κ1) is 29.0. The van der Waals surface area contributed by atoms with Crippen LogP contribution in [0.4, 0.5) is 0 Å². The van der Waals surface area contributed by atoms with Crippen molar-refractivity contribution in [2.24, 2.45) is 0 Å². The second kappa shape index (κ2) is 11.9. The Hall–Kier alpha value is -6.91. The zero-order valence-corrected chi connectivity index (χ0v) is 27.5. The largest absolute Gasteiger partial charge is 0.456 e. The Kier molecular flexibility index (Phi) is 6.78. The topological polar surface area (TPSA) is 47.9 Å². The van der Waals surface area contributed by atoms with Gasteiger partial charge in [0.25, 0.3) is 0 Å². The number of fused-ring (bicyclic) bond motifs is 3.